The number of rotatable bonds is 7. The maximum absolute atomic E-state index is 5.64. The molecule has 6 rings (SSSR count). The predicted octanol–water partition coefficient (Wildman–Crippen LogP) is 4.70. The van der Waals surface area contributed by atoms with Crippen LogP contribution in [0.4, 0.5) is 0 Å². The molecule has 4 aromatic rings. The van der Waals surface area contributed by atoms with Gasteiger partial charge >= 0.3 is 0 Å². The van der Waals surface area contributed by atoms with Gasteiger partial charge in [-0.2, -0.15) is 0 Å². The van der Waals surface area contributed by atoms with E-state index < -0.39 is 0 Å². The van der Waals surface area contributed by atoms with Crippen LogP contribution in [0.5, 0.6) is 17.2 Å². The minimum absolute atomic E-state index is 0.208. The summed E-state index contributed by atoms with van der Waals surface area (Å²) in [5, 5.41) is 0. The van der Waals surface area contributed by atoms with E-state index >= 15 is 0 Å². The zero-order chi connectivity index (χ0) is 24.5. The molecule has 2 aliphatic rings. The molecule has 3 heterocycles. The quantitative estimate of drug-likeness (QED) is 0.379. The highest BCUT2D eigenvalue weighted by Crippen LogP contribution is 2.33. The van der Waals surface area contributed by atoms with Gasteiger partial charge in [-0.05, 0) is 42.8 Å². The molecule has 3 aromatic carbocycles. The Morgan fingerprint density at radius 2 is 1.67 bits per heavy atom. The van der Waals surface area contributed by atoms with Crippen LogP contribution < -0.4 is 14.2 Å². The fourth-order valence-electron chi connectivity index (χ4n) is 5.35. The third kappa shape index (κ3) is 4.40. The highest BCUT2D eigenvalue weighted by atomic mass is 16.7. The molecular weight excluding hydrogens is 452 g/mol. The van der Waals surface area contributed by atoms with Gasteiger partial charge < -0.3 is 18.8 Å². The van der Waals surface area contributed by atoms with Crippen LogP contribution in [0, 0.1) is 0 Å². The summed E-state index contributed by atoms with van der Waals surface area (Å²) in [5.74, 6) is 3.71. The molecule has 1 saturated heterocycles. The van der Waals surface area contributed by atoms with Crippen molar-refractivity contribution >= 4 is 11.0 Å². The van der Waals surface area contributed by atoms with Crippen molar-refractivity contribution < 1.29 is 14.2 Å². The zero-order valence-corrected chi connectivity index (χ0v) is 20.9. The first-order valence-corrected chi connectivity index (χ1v) is 12.6. The van der Waals surface area contributed by atoms with Crippen molar-refractivity contribution in [3.8, 4) is 17.2 Å². The molecule has 1 unspecified atom stereocenters. The topological polar surface area (TPSA) is 52.0 Å². The van der Waals surface area contributed by atoms with E-state index in [2.05, 4.69) is 69.8 Å². The molecule has 1 atom stereocenters. The molecule has 7 nitrogen and oxygen atoms in total. The number of fused-ring (bicyclic) bond motifs is 2. The van der Waals surface area contributed by atoms with E-state index in [0.29, 0.717) is 6.79 Å². The zero-order valence-electron chi connectivity index (χ0n) is 20.9. The van der Waals surface area contributed by atoms with Gasteiger partial charge in [0.05, 0.1) is 30.7 Å². The Kier molecular flexibility index (Phi) is 6.25. The van der Waals surface area contributed by atoms with Crippen molar-refractivity contribution in [3.05, 3.63) is 83.7 Å². The lowest BCUT2D eigenvalue weighted by atomic mass is 10.1. The van der Waals surface area contributed by atoms with Crippen LogP contribution in [0.3, 0.4) is 0 Å². The first-order valence-electron chi connectivity index (χ1n) is 12.6. The SMILES string of the molecule is COc1ccccc1Cn1c(C(C)N2CCN(Cc3ccc4c(c3)OCO4)CC2)nc2ccccc21. The number of piperazine rings is 1. The van der Waals surface area contributed by atoms with Crippen molar-refractivity contribution in [2.45, 2.75) is 26.1 Å². The number of benzene rings is 3. The van der Waals surface area contributed by atoms with Crippen molar-refractivity contribution in [1.82, 2.24) is 19.4 Å². The van der Waals surface area contributed by atoms with Crippen molar-refractivity contribution in [3.63, 3.8) is 0 Å². The minimum Gasteiger partial charge on any atom is -0.496 e. The monoisotopic (exact) mass is 484 g/mol. The van der Waals surface area contributed by atoms with Crippen LogP contribution in [0.25, 0.3) is 11.0 Å². The van der Waals surface area contributed by atoms with Crippen LogP contribution in [0.15, 0.2) is 66.7 Å². The number of imidazole rings is 1. The molecule has 186 valence electrons. The normalized spacial score (nSPS) is 16.9. The minimum atomic E-state index is 0.208. The summed E-state index contributed by atoms with van der Waals surface area (Å²) >= 11 is 0. The second-order valence-corrected chi connectivity index (χ2v) is 9.53. The van der Waals surface area contributed by atoms with E-state index in [-0.39, 0.29) is 6.04 Å². The smallest absolute Gasteiger partial charge is 0.231 e. The lowest BCUT2D eigenvalue weighted by Crippen LogP contribution is -2.47. The Balaban J connectivity index is 1.19. The molecule has 2 aliphatic heterocycles. The molecule has 0 radical (unpaired) electrons. The van der Waals surface area contributed by atoms with Crippen LogP contribution >= 0.6 is 0 Å². The summed E-state index contributed by atoms with van der Waals surface area (Å²) in [6, 6.07) is 23.1. The van der Waals surface area contributed by atoms with Crippen LogP contribution in [-0.4, -0.2) is 59.4 Å². The first-order chi connectivity index (χ1) is 17.7. The van der Waals surface area contributed by atoms with E-state index in [1.54, 1.807) is 7.11 Å². The largest absolute Gasteiger partial charge is 0.496 e. The average molecular weight is 485 g/mol. The number of para-hydroxylation sites is 3. The molecule has 0 saturated carbocycles. The van der Waals surface area contributed by atoms with Gasteiger partial charge in [0, 0.05) is 38.3 Å². The van der Waals surface area contributed by atoms with Gasteiger partial charge in [-0.25, -0.2) is 4.98 Å². The Morgan fingerprint density at radius 3 is 2.53 bits per heavy atom. The Labute approximate surface area is 211 Å². The van der Waals surface area contributed by atoms with Gasteiger partial charge in [0.15, 0.2) is 11.5 Å². The molecule has 0 N–H and O–H groups in total. The van der Waals surface area contributed by atoms with E-state index in [9.17, 15) is 0 Å². The lowest BCUT2D eigenvalue weighted by Gasteiger charge is -2.38. The third-order valence-electron chi connectivity index (χ3n) is 7.38. The fraction of sp³-hybridized carbons (Fsp3) is 0.345. The van der Waals surface area contributed by atoms with Gasteiger partial charge in [0.2, 0.25) is 6.79 Å². The number of nitrogens with zero attached hydrogens (tertiary/aromatic N) is 4. The van der Waals surface area contributed by atoms with Gasteiger partial charge in [0.1, 0.15) is 11.6 Å². The standard InChI is InChI=1S/C29H32N4O3/c1-21(32-15-13-31(14-16-32)18-22-11-12-27-28(17-22)36-20-35-27)29-30-24-8-4-5-9-25(24)33(29)19-23-7-3-6-10-26(23)34-2/h3-12,17,21H,13-16,18-20H2,1-2H3. The molecule has 36 heavy (non-hydrogen) atoms. The van der Waals surface area contributed by atoms with Gasteiger partial charge in [-0.15, -0.1) is 0 Å². The summed E-state index contributed by atoms with van der Waals surface area (Å²) in [5.41, 5.74) is 4.62. The fourth-order valence-corrected chi connectivity index (χ4v) is 5.35. The maximum Gasteiger partial charge on any atom is 0.231 e. The Bertz CT molecular complexity index is 1360. The molecule has 0 aliphatic carbocycles. The number of methoxy groups -OCH3 is 1. The van der Waals surface area contributed by atoms with Crippen LogP contribution in [-0.2, 0) is 13.1 Å². The van der Waals surface area contributed by atoms with Crippen molar-refractivity contribution in [2.24, 2.45) is 0 Å². The summed E-state index contributed by atoms with van der Waals surface area (Å²) < 4.78 is 19.0. The summed E-state index contributed by atoms with van der Waals surface area (Å²) in [6.07, 6.45) is 0. The highest BCUT2D eigenvalue weighted by Gasteiger charge is 2.27. The second kappa shape index (κ2) is 9.84. The molecule has 1 fully saturated rings. The summed E-state index contributed by atoms with van der Waals surface area (Å²) in [6.45, 7) is 8.30. The average Bonchev–Trinajstić information content (AvgIpc) is 3.53. The Morgan fingerprint density at radius 1 is 0.889 bits per heavy atom. The molecule has 1 aromatic heterocycles. The lowest BCUT2D eigenvalue weighted by molar-refractivity contribution is 0.0937. The van der Waals surface area contributed by atoms with Crippen molar-refractivity contribution in [2.75, 3.05) is 40.1 Å². The van der Waals surface area contributed by atoms with Gasteiger partial charge in [-0.1, -0.05) is 36.4 Å². The second-order valence-electron chi connectivity index (χ2n) is 9.53. The molecule has 0 amide bonds. The number of hydrogen-bond donors (Lipinski definition) is 0. The van der Waals surface area contributed by atoms with Crippen LogP contribution in [0.1, 0.15) is 29.9 Å². The number of hydrogen-bond acceptors (Lipinski definition) is 6. The molecular formula is C29H32N4O3. The Hall–Kier alpha value is -3.55. The summed E-state index contributed by atoms with van der Waals surface area (Å²) in [7, 11) is 1.73. The van der Waals surface area contributed by atoms with Gasteiger partial charge in [-0.3, -0.25) is 9.80 Å². The van der Waals surface area contributed by atoms with E-state index in [1.165, 1.54) is 5.56 Å². The van der Waals surface area contributed by atoms with Crippen molar-refractivity contribution in [1.29, 1.82) is 0 Å². The van der Waals surface area contributed by atoms with Crippen LogP contribution in [0.2, 0.25) is 0 Å². The number of ether oxygens (including phenoxy) is 3. The molecule has 7 heteroatoms. The number of aromatic nitrogens is 2. The third-order valence-corrected chi connectivity index (χ3v) is 7.38. The van der Waals surface area contributed by atoms with E-state index in [1.807, 2.05) is 18.2 Å². The van der Waals surface area contributed by atoms with Gasteiger partial charge in [0.25, 0.3) is 0 Å². The molecule has 0 spiro atoms. The van der Waals surface area contributed by atoms with E-state index in [4.69, 9.17) is 19.2 Å². The van der Waals surface area contributed by atoms with E-state index in [0.717, 1.165) is 78.9 Å². The molecule has 0 bridgehead atoms. The summed E-state index contributed by atoms with van der Waals surface area (Å²) in [4.78, 5) is 10.2. The highest BCUT2D eigenvalue weighted by molar-refractivity contribution is 5.76. The predicted molar refractivity (Wildman–Crippen MR) is 140 cm³/mol. The first kappa shape index (κ1) is 22.9. The maximum atomic E-state index is 5.64.